The molecule has 1 heterocycles. The first-order chi connectivity index (χ1) is 9.97. The summed E-state index contributed by atoms with van der Waals surface area (Å²) in [6.45, 7) is 4.66. The number of anilines is 1. The molecule has 2 rings (SSSR count). The molecule has 7 heteroatoms. The van der Waals surface area contributed by atoms with Gasteiger partial charge in [0.05, 0.1) is 7.05 Å². The fourth-order valence-corrected chi connectivity index (χ4v) is 1.91. The molecule has 0 aliphatic heterocycles. The number of aromatic nitrogens is 2. The van der Waals surface area contributed by atoms with Crippen molar-refractivity contribution in [3.63, 3.8) is 0 Å². The summed E-state index contributed by atoms with van der Waals surface area (Å²) in [5, 5.41) is 12.2. The smallest absolute Gasteiger partial charge is 0.411 e. The molecule has 0 spiro atoms. The lowest BCUT2D eigenvalue weighted by Crippen LogP contribution is -3.00. The van der Waals surface area contributed by atoms with Gasteiger partial charge in [-0.25, -0.2) is 13.9 Å². The molecule has 120 valence electrons. The Hall–Kier alpha value is -2.21. The van der Waals surface area contributed by atoms with Crippen molar-refractivity contribution in [1.82, 2.24) is 4.57 Å². The van der Waals surface area contributed by atoms with Crippen molar-refractivity contribution in [1.29, 1.82) is 0 Å². The van der Waals surface area contributed by atoms with Gasteiger partial charge in [-0.1, -0.05) is 6.07 Å². The summed E-state index contributed by atoms with van der Waals surface area (Å²) in [5.41, 5.74) is 1.26. The van der Waals surface area contributed by atoms with Crippen LogP contribution in [0.1, 0.15) is 11.4 Å². The third-order valence-electron chi connectivity index (χ3n) is 3.42. The Kier molecular flexibility index (Phi) is 6.24. The highest BCUT2D eigenvalue weighted by atomic mass is 35.5. The number of carbonyl (C=O) groups is 1. The first kappa shape index (κ1) is 17.8. The molecule has 0 fully saturated rings. The van der Waals surface area contributed by atoms with Crippen LogP contribution in [0.25, 0.3) is 0 Å². The number of phenols is 1. The van der Waals surface area contributed by atoms with Crippen LogP contribution < -0.4 is 22.3 Å². The van der Waals surface area contributed by atoms with E-state index in [1.54, 1.807) is 19.1 Å². The number of halogens is 1. The number of phenolic OH excluding ortho intramolecular Hbond substituents is 1. The number of amides is 1. The van der Waals surface area contributed by atoms with Crippen molar-refractivity contribution in [3.05, 3.63) is 42.0 Å². The molecule has 0 unspecified atom stereocenters. The predicted octanol–water partition coefficient (Wildman–Crippen LogP) is -1.11. The Morgan fingerprint density at radius 2 is 2.14 bits per heavy atom. The Morgan fingerprint density at radius 1 is 1.41 bits per heavy atom. The van der Waals surface area contributed by atoms with Gasteiger partial charge in [-0.2, -0.15) is 0 Å². The molecule has 1 aromatic carbocycles. The topological polar surface area (TPSA) is 67.4 Å². The average Bonchev–Trinajstić information content (AvgIpc) is 2.75. The van der Waals surface area contributed by atoms with Crippen molar-refractivity contribution < 1.29 is 31.6 Å². The summed E-state index contributed by atoms with van der Waals surface area (Å²) >= 11 is 0. The first-order valence-corrected chi connectivity index (χ1v) is 6.72. The molecule has 2 N–H and O–H groups in total. The summed E-state index contributed by atoms with van der Waals surface area (Å²) in [5.74, 6) is 1.23. The average molecular weight is 326 g/mol. The predicted molar refractivity (Wildman–Crippen MR) is 78.2 cm³/mol. The van der Waals surface area contributed by atoms with Crippen molar-refractivity contribution in [2.24, 2.45) is 7.05 Å². The summed E-state index contributed by atoms with van der Waals surface area (Å²) in [4.78, 5) is 11.7. The minimum atomic E-state index is -0.535. The van der Waals surface area contributed by atoms with Crippen LogP contribution in [0.4, 0.5) is 10.5 Å². The minimum Gasteiger partial charge on any atom is -1.00 e. The SMILES string of the molecule is Cc1ccc(NC(=O)OCCn2cc[n+](C)c2C)cc1O.[Cl-]. The molecule has 0 atom stereocenters. The van der Waals surface area contributed by atoms with Gasteiger partial charge in [0, 0.05) is 18.7 Å². The molecule has 6 nitrogen and oxygen atoms in total. The fourth-order valence-electron chi connectivity index (χ4n) is 1.91. The van der Waals surface area contributed by atoms with Gasteiger partial charge >= 0.3 is 6.09 Å². The number of rotatable bonds is 4. The van der Waals surface area contributed by atoms with Crippen LogP contribution in [0.3, 0.4) is 0 Å². The quantitative estimate of drug-likeness (QED) is 0.700. The summed E-state index contributed by atoms with van der Waals surface area (Å²) in [7, 11) is 1.96. The molecule has 1 amide bonds. The zero-order valence-corrected chi connectivity index (χ0v) is 13.6. The number of hydrogen-bond acceptors (Lipinski definition) is 3. The Balaban J connectivity index is 0.00000242. The van der Waals surface area contributed by atoms with E-state index in [1.807, 2.05) is 35.5 Å². The maximum atomic E-state index is 11.7. The summed E-state index contributed by atoms with van der Waals surface area (Å²) in [6, 6.07) is 4.94. The van der Waals surface area contributed by atoms with Crippen LogP contribution >= 0.6 is 0 Å². The van der Waals surface area contributed by atoms with Gasteiger partial charge in [0.1, 0.15) is 31.3 Å². The van der Waals surface area contributed by atoms with Crippen LogP contribution in [0, 0.1) is 13.8 Å². The van der Waals surface area contributed by atoms with E-state index in [0.29, 0.717) is 12.2 Å². The number of ether oxygens (including phenoxy) is 1. The largest absolute Gasteiger partial charge is 1.00 e. The van der Waals surface area contributed by atoms with Crippen LogP contribution in [0.5, 0.6) is 5.75 Å². The molecule has 0 aliphatic rings. The van der Waals surface area contributed by atoms with E-state index in [4.69, 9.17) is 4.74 Å². The number of imidazole rings is 1. The zero-order chi connectivity index (χ0) is 15.4. The number of aromatic hydroxyl groups is 1. The van der Waals surface area contributed by atoms with Crippen molar-refractivity contribution in [3.8, 4) is 5.75 Å². The van der Waals surface area contributed by atoms with Crippen LogP contribution in [0.2, 0.25) is 0 Å². The molecule has 0 bridgehead atoms. The number of benzene rings is 1. The zero-order valence-electron chi connectivity index (χ0n) is 12.8. The van der Waals surface area contributed by atoms with Crippen molar-refractivity contribution in [2.45, 2.75) is 20.4 Å². The van der Waals surface area contributed by atoms with E-state index in [9.17, 15) is 9.90 Å². The number of carbonyl (C=O) groups excluding carboxylic acids is 1. The molecular formula is C15H20ClN3O3. The molecule has 2 aromatic rings. The lowest BCUT2D eigenvalue weighted by Gasteiger charge is -2.07. The van der Waals surface area contributed by atoms with Gasteiger partial charge in [-0.3, -0.25) is 5.32 Å². The summed E-state index contributed by atoms with van der Waals surface area (Å²) in [6.07, 6.45) is 3.35. The second-order valence-corrected chi connectivity index (χ2v) is 4.91. The van der Waals surface area contributed by atoms with Gasteiger partial charge in [0.25, 0.3) is 5.82 Å². The molecule has 1 aromatic heterocycles. The molecule has 22 heavy (non-hydrogen) atoms. The second-order valence-electron chi connectivity index (χ2n) is 4.91. The van der Waals surface area contributed by atoms with E-state index in [0.717, 1.165) is 11.4 Å². The number of hydrogen-bond donors (Lipinski definition) is 2. The lowest BCUT2D eigenvalue weighted by molar-refractivity contribution is -0.677. The van der Waals surface area contributed by atoms with Crippen molar-refractivity contribution in [2.75, 3.05) is 11.9 Å². The normalized spacial score (nSPS) is 9.95. The molecule has 0 radical (unpaired) electrons. The lowest BCUT2D eigenvalue weighted by atomic mass is 10.2. The van der Waals surface area contributed by atoms with Gasteiger partial charge in [-0.05, 0) is 18.6 Å². The molecule has 0 saturated heterocycles. The molecule has 0 aliphatic carbocycles. The minimum absolute atomic E-state index is 0. The number of nitrogens with one attached hydrogen (secondary N) is 1. The number of nitrogens with zero attached hydrogens (tertiary/aromatic N) is 2. The maximum absolute atomic E-state index is 11.7. The van der Waals surface area contributed by atoms with E-state index < -0.39 is 6.09 Å². The molecule has 0 saturated carbocycles. The van der Waals surface area contributed by atoms with Crippen LogP contribution in [0.15, 0.2) is 30.6 Å². The van der Waals surface area contributed by atoms with Crippen LogP contribution in [-0.4, -0.2) is 22.4 Å². The Bertz CT molecular complexity index is 655. The fraction of sp³-hybridized carbons (Fsp3) is 0.333. The van der Waals surface area contributed by atoms with E-state index in [1.165, 1.54) is 6.07 Å². The van der Waals surface area contributed by atoms with Crippen molar-refractivity contribution >= 4 is 11.8 Å². The maximum Gasteiger partial charge on any atom is 0.411 e. The Morgan fingerprint density at radius 3 is 2.73 bits per heavy atom. The summed E-state index contributed by atoms with van der Waals surface area (Å²) < 4.78 is 9.12. The van der Waals surface area contributed by atoms with E-state index in [2.05, 4.69) is 5.32 Å². The molecular weight excluding hydrogens is 306 g/mol. The third kappa shape index (κ3) is 4.39. The van der Waals surface area contributed by atoms with Gasteiger partial charge in [-0.15, -0.1) is 0 Å². The third-order valence-corrected chi connectivity index (χ3v) is 3.42. The van der Waals surface area contributed by atoms with Gasteiger partial charge in [0.15, 0.2) is 0 Å². The highest BCUT2D eigenvalue weighted by Gasteiger charge is 2.10. The van der Waals surface area contributed by atoms with E-state index >= 15 is 0 Å². The van der Waals surface area contributed by atoms with E-state index in [-0.39, 0.29) is 24.8 Å². The Labute approximate surface area is 135 Å². The first-order valence-electron chi connectivity index (χ1n) is 6.72. The standard InChI is InChI=1S/C15H19N3O3.ClH/c1-11-4-5-13(10-14(11)19)16-15(20)21-9-8-18-7-6-17(3)12(18)2;/h4-7,10H,8-9H2,1-3H3,(H-,16,19,20);1H. The number of aryl methyl sites for hydroxylation is 2. The highest BCUT2D eigenvalue weighted by Crippen LogP contribution is 2.20. The van der Waals surface area contributed by atoms with Crippen LogP contribution in [-0.2, 0) is 18.3 Å². The highest BCUT2D eigenvalue weighted by molar-refractivity contribution is 5.84. The van der Waals surface area contributed by atoms with Gasteiger partial charge in [0.2, 0.25) is 0 Å². The monoisotopic (exact) mass is 325 g/mol. The van der Waals surface area contributed by atoms with Gasteiger partial charge < -0.3 is 22.3 Å². The second kappa shape index (κ2) is 7.70.